The van der Waals surface area contributed by atoms with Crippen molar-refractivity contribution in [2.45, 2.75) is 39.5 Å². The highest BCUT2D eigenvalue weighted by atomic mass is 19.4. The molecule has 4 nitrogen and oxygen atoms in total. The Labute approximate surface area is 114 Å². The summed E-state index contributed by atoms with van der Waals surface area (Å²) in [6.45, 7) is 5.17. The third kappa shape index (κ3) is 4.40. The van der Waals surface area contributed by atoms with E-state index in [0.717, 1.165) is 10.6 Å². The summed E-state index contributed by atoms with van der Waals surface area (Å²) in [4.78, 5) is 23.2. The Kier molecular flexibility index (Phi) is 4.97. The second kappa shape index (κ2) is 6.11. The molecule has 1 amide bonds. The maximum absolute atomic E-state index is 12.5. The topological polar surface area (TPSA) is 51.1 Å². The minimum atomic E-state index is -4.54. The molecule has 20 heavy (non-hydrogen) atoms. The minimum absolute atomic E-state index is 0.121. The molecule has 0 bridgehead atoms. The van der Waals surface area contributed by atoms with Crippen LogP contribution in [0.3, 0.4) is 0 Å². The first-order valence-electron chi connectivity index (χ1n) is 6.18. The smallest absolute Gasteiger partial charge is 0.352 e. The van der Waals surface area contributed by atoms with Crippen molar-refractivity contribution in [3.63, 3.8) is 0 Å². The number of hydrogen-bond acceptors (Lipinski definition) is 2. The minimum Gasteiger partial charge on any atom is -0.352 e. The van der Waals surface area contributed by atoms with Crippen molar-refractivity contribution >= 4 is 5.91 Å². The van der Waals surface area contributed by atoms with E-state index in [1.54, 1.807) is 6.92 Å². The molecule has 7 heteroatoms. The second-order valence-corrected chi connectivity index (χ2v) is 4.98. The summed E-state index contributed by atoms with van der Waals surface area (Å²) in [6, 6.07) is 1.39. The summed E-state index contributed by atoms with van der Waals surface area (Å²) in [5, 5.41) is 2.63. The molecule has 1 atom stereocenters. The van der Waals surface area contributed by atoms with Gasteiger partial charge < -0.3 is 9.88 Å². The molecule has 0 saturated heterocycles. The number of nitrogens with zero attached hydrogens (tertiary/aromatic N) is 1. The van der Waals surface area contributed by atoms with Crippen LogP contribution in [-0.4, -0.2) is 16.5 Å². The fourth-order valence-corrected chi connectivity index (χ4v) is 1.44. The van der Waals surface area contributed by atoms with Crippen LogP contribution < -0.4 is 10.9 Å². The van der Waals surface area contributed by atoms with Gasteiger partial charge in [0.1, 0.15) is 6.54 Å². The Morgan fingerprint density at radius 3 is 2.40 bits per heavy atom. The lowest BCUT2D eigenvalue weighted by atomic mass is 10.1. The number of alkyl halides is 3. The maximum atomic E-state index is 12.5. The zero-order valence-corrected chi connectivity index (χ0v) is 11.5. The van der Waals surface area contributed by atoms with Crippen LogP contribution in [0, 0.1) is 5.92 Å². The van der Waals surface area contributed by atoms with E-state index < -0.39 is 29.8 Å². The average molecular weight is 290 g/mol. The van der Waals surface area contributed by atoms with Gasteiger partial charge in [-0.2, -0.15) is 13.2 Å². The van der Waals surface area contributed by atoms with E-state index in [1.807, 2.05) is 13.8 Å². The molecule has 1 heterocycles. The molecule has 0 aliphatic heterocycles. The van der Waals surface area contributed by atoms with Gasteiger partial charge in [-0.15, -0.1) is 0 Å². The van der Waals surface area contributed by atoms with Gasteiger partial charge >= 0.3 is 6.18 Å². The zero-order valence-electron chi connectivity index (χ0n) is 11.5. The van der Waals surface area contributed by atoms with Crippen molar-refractivity contribution in [1.29, 1.82) is 0 Å². The first-order chi connectivity index (χ1) is 9.11. The molecule has 0 radical (unpaired) electrons. The van der Waals surface area contributed by atoms with Crippen LogP contribution >= 0.6 is 0 Å². The average Bonchev–Trinajstić information content (AvgIpc) is 2.30. The predicted octanol–water partition coefficient (Wildman–Crippen LogP) is 2.03. The lowest BCUT2D eigenvalue weighted by Crippen LogP contribution is -2.39. The molecule has 0 unspecified atom stereocenters. The van der Waals surface area contributed by atoms with Gasteiger partial charge in [0.15, 0.2) is 0 Å². The van der Waals surface area contributed by atoms with Gasteiger partial charge in [-0.1, -0.05) is 13.8 Å². The maximum Gasteiger partial charge on any atom is 0.417 e. The molecule has 0 saturated carbocycles. The van der Waals surface area contributed by atoms with Crippen molar-refractivity contribution in [3.05, 3.63) is 34.2 Å². The van der Waals surface area contributed by atoms with Gasteiger partial charge in [-0.25, -0.2) is 0 Å². The molecular formula is C13H17F3N2O2. The molecule has 0 aromatic carbocycles. The largest absolute Gasteiger partial charge is 0.417 e. The SMILES string of the molecule is CC(C)[C@@H](C)NC(=O)Cn1cc(C(F)(F)F)ccc1=O. The van der Waals surface area contributed by atoms with E-state index in [9.17, 15) is 22.8 Å². The fourth-order valence-electron chi connectivity index (χ4n) is 1.44. The van der Waals surface area contributed by atoms with E-state index in [-0.39, 0.29) is 12.0 Å². The van der Waals surface area contributed by atoms with Crippen molar-refractivity contribution in [2.75, 3.05) is 0 Å². The number of carbonyl (C=O) groups excluding carboxylic acids is 1. The molecule has 0 fully saturated rings. The second-order valence-electron chi connectivity index (χ2n) is 4.98. The predicted molar refractivity (Wildman–Crippen MR) is 68.1 cm³/mol. The van der Waals surface area contributed by atoms with Crippen molar-refractivity contribution < 1.29 is 18.0 Å². The highest BCUT2D eigenvalue weighted by molar-refractivity contribution is 5.76. The Morgan fingerprint density at radius 2 is 1.90 bits per heavy atom. The number of aromatic nitrogens is 1. The van der Waals surface area contributed by atoms with Gasteiger partial charge in [-0.3, -0.25) is 9.59 Å². The Balaban J connectivity index is 2.87. The molecule has 0 aliphatic carbocycles. The molecule has 1 aromatic rings. The lowest BCUT2D eigenvalue weighted by Gasteiger charge is -2.18. The summed E-state index contributed by atoms with van der Waals surface area (Å²) in [5.74, 6) is -0.301. The van der Waals surface area contributed by atoms with Gasteiger partial charge in [0.05, 0.1) is 5.56 Å². The Bertz CT molecular complexity index is 535. The van der Waals surface area contributed by atoms with Crippen LogP contribution in [0.15, 0.2) is 23.1 Å². The molecule has 1 aromatic heterocycles. The van der Waals surface area contributed by atoms with Crippen molar-refractivity contribution in [2.24, 2.45) is 5.92 Å². The third-order valence-electron chi connectivity index (χ3n) is 3.01. The number of hydrogen-bond donors (Lipinski definition) is 1. The van der Waals surface area contributed by atoms with Crippen LogP contribution in [0.1, 0.15) is 26.3 Å². The summed E-state index contributed by atoms with van der Waals surface area (Å²) in [7, 11) is 0. The number of rotatable bonds is 4. The highest BCUT2D eigenvalue weighted by Crippen LogP contribution is 2.27. The molecule has 0 spiro atoms. The van der Waals surface area contributed by atoms with E-state index in [1.165, 1.54) is 0 Å². The van der Waals surface area contributed by atoms with Crippen LogP contribution in [0.5, 0.6) is 0 Å². The first kappa shape index (κ1) is 16.3. The van der Waals surface area contributed by atoms with Crippen LogP contribution in [0.25, 0.3) is 0 Å². The molecule has 1 rings (SSSR count). The normalized spacial score (nSPS) is 13.3. The number of nitrogens with one attached hydrogen (secondary N) is 1. The lowest BCUT2D eigenvalue weighted by molar-refractivity contribution is -0.138. The molecule has 112 valence electrons. The summed E-state index contributed by atoms with van der Waals surface area (Å²) in [6.07, 6.45) is -3.89. The van der Waals surface area contributed by atoms with E-state index in [4.69, 9.17) is 0 Å². The van der Waals surface area contributed by atoms with Gasteiger partial charge in [0, 0.05) is 18.3 Å². The van der Waals surface area contributed by atoms with Gasteiger partial charge in [0.2, 0.25) is 5.91 Å². The zero-order chi connectivity index (χ0) is 15.5. The molecule has 0 aliphatic rings. The van der Waals surface area contributed by atoms with E-state index in [0.29, 0.717) is 12.3 Å². The standard InChI is InChI=1S/C13H17F3N2O2/c1-8(2)9(3)17-11(19)7-18-6-10(13(14,15)16)4-5-12(18)20/h4-6,8-9H,7H2,1-3H3,(H,17,19)/t9-/m1/s1. The number of amides is 1. The first-order valence-corrected chi connectivity index (χ1v) is 6.18. The van der Waals surface area contributed by atoms with Crippen LogP contribution in [-0.2, 0) is 17.5 Å². The van der Waals surface area contributed by atoms with E-state index in [2.05, 4.69) is 5.32 Å². The summed E-state index contributed by atoms with van der Waals surface area (Å²) >= 11 is 0. The van der Waals surface area contributed by atoms with Crippen molar-refractivity contribution in [1.82, 2.24) is 9.88 Å². The quantitative estimate of drug-likeness (QED) is 0.922. The van der Waals surface area contributed by atoms with Crippen LogP contribution in [0.2, 0.25) is 0 Å². The monoisotopic (exact) mass is 290 g/mol. The van der Waals surface area contributed by atoms with Gasteiger partial charge in [0.25, 0.3) is 5.56 Å². The number of carbonyl (C=O) groups is 1. The van der Waals surface area contributed by atoms with E-state index >= 15 is 0 Å². The number of halogens is 3. The Morgan fingerprint density at radius 1 is 1.30 bits per heavy atom. The Hall–Kier alpha value is -1.79. The highest BCUT2D eigenvalue weighted by Gasteiger charge is 2.31. The molecule has 1 N–H and O–H groups in total. The van der Waals surface area contributed by atoms with Crippen molar-refractivity contribution in [3.8, 4) is 0 Å². The van der Waals surface area contributed by atoms with Crippen LogP contribution in [0.4, 0.5) is 13.2 Å². The van der Waals surface area contributed by atoms with Gasteiger partial charge in [-0.05, 0) is 18.9 Å². The molecular weight excluding hydrogens is 273 g/mol. The fraction of sp³-hybridized carbons (Fsp3) is 0.538. The number of pyridine rings is 1. The summed E-state index contributed by atoms with van der Waals surface area (Å²) in [5.41, 5.74) is -1.60. The third-order valence-corrected chi connectivity index (χ3v) is 3.01. The summed E-state index contributed by atoms with van der Waals surface area (Å²) < 4.78 is 38.4.